The van der Waals surface area contributed by atoms with Gasteiger partial charge in [0, 0.05) is 58.2 Å². The molecule has 0 saturated heterocycles. The molecule has 3 heterocycles. The number of benzene rings is 4. The van der Waals surface area contributed by atoms with Crippen molar-refractivity contribution in [2.75, 3.05) is 0 Å². The molecule has 0 spiro atoms. The molecule has 4 aliphatic rings. The number of rotatable bonds is 4. The topological polar surface area (TPSA) is 75.9 Å². The number of para-hydroxylation sites is 3. The first-order chi connectivity index (χ1) is 25.6. The maximum atomic E-state index is 10.8. The number of aromatic nitrogens is 2. The number of fused-ring (bicyclic) bond motifs is 10. The van der Waals surface area contributed by atoms with Gasteiger partial charge in [0.25, 0.3) is 0 Å². The molecule has 2 aromatic heterocycles. The molecule has 52 heavy (non-hydrogen) atoms. The zero-order valence-corrected chi connectivity index (χ0v) is 29.0. The molecule has 3 aliphatic carbocycles. The number of aryl methyl sites for hydroxylation is 1. The Kier molecular flexibility index (Phi) is 6.93. The Hall–Kier alpha value is -6.41. The molecule has 0 amide bonds. The SMILES string of the molecule is N#Cc1cc(-n2c3c(c4ccccc42)CCC(OC2=C(S)C=CCC2)=C3)c(C#N)cc1-n1c2c(c3ccccc31)C=C1CC(=C2)Oc2ccccc21. The van der Waals surface area contributed by atoms with Crippen LogP contribution in [0.1, 0.15) is 64.9 Å². The highest BCUT2D eigenvalue weighted by Gasteiger charge is 2.29. The Balaban J connectivity index is 1.19. The molecule has 7 heteroatoms. The number of nitrogens with zero attached hydrogens (tertiary/aromatic N) is 4. The van der Waals surface area contributed by atoms with E-state index < -0.39 is 0 Å². The van der Waals surface area contributed by atoms with Crippen molar-refractivity contribution in [3.63, 3.8) is 0 Å². The van der Waals surface area contributed by atoms with Gasteiger partial charge < -0.3 is 18.6 Å². The summed E-state index contributed by atoms with van der Waals surface area (Å²) in [5.41, 5.74) is 10.6. The van der Waals surface area contributed by atoms with Gasteiger partial charge in [0.1, 0.15) is 35.2 Å². The van der Waals surface area contributed by atoms with Crippen molar-refractivity contribution >= 4 is 58.2 Å². The van der Waals surface area contributed by atoms with E-state index in [4.69, 9.17) is 9.47 Å². The van der Waals surface area contributed by atoms with Gasteiger partial charge in [0.2, 0.25) is 0 Å². The average molecular weight is 691 g/mol. The predicted octanol–water partition coefficient (Wildman–Crippen LogP) is 10.8. The molecule has 0 unspecified atom stereocenters. The van der Waals surface area contributed by atoms with Crippen molar-refractivity contribution in [3.8, 4) is 29.3 Å². The van der Waals surface area contributed by atoms with Crippen LogP contribution in [0.2, 0.25) is 0 Å². The largest absolute Gasteiger partial charge is 0.465 e. The smallest absolute Gasteiger partial charge is 0.134 e. The van der Waals surface area contributed by atoms with Gasteiger partial charge in [-0.25, -0.2) is 0 Å². The summed E-state index contributed by atoms with van der Waals surface area (Å²) in [6.45, 7) is 0. The highest BCUT2D eigenvalue weighted by atomic mass is 32.1. The lowest BCUT2D eigenvalue weighted by atomic mass is 9.97. The molecule has 248 valence electrons. The van der Waals surface area contributed by atoms with Crippen molar-refractivity contribution in [3.05, 3.63) is 158 Å². The van der Waals surface area contributed by atoms with Crippen LogP contribution in [-0.4, -0.2) is 9.13 Å². The first-order valence-corrected chi connectivity index (χ1v) is 17.9. The molecule has 1 aliphatic heterocycles. The summed E-state index contributed by atoms with van der Waals surface area (Å²) in [4.78, 5) is 0.848. The second-order valence-electron chi connectivity index (χ2n) is 13.5. The summed E-state index contributed by atoms with van der Waals surface area (Å²) in [5.74, 6) is 3.41. The Morgan fingerprint density at radius 2 is 1.42 bits per heavy atom. The number of nitriles is 2. The van der Waals surface area contributed by atoms with Gasteiger partial charge in [-0.05, 0) is 66.5 Å². The van der Waals surface area contributed by atoms with Gasteiger partial charge in [0.05, 0.1) is 44.9 Å². The third kappa shape index (κ3) is 4.64. The molecule has 0 fully saturated rings. The number of ether oxygens (including phenoxy) is 2. The summed E-state index contributed by atoms with van der Waals surface area (Å²) in [5, 5.41) is 23.9. The fourth-order valence-corrected chi connectivity index (χ4v) is 8.49. The van der Waals surface area contributed by atoms with Crippen molar-refractivity contribution in [1.82, 2.24) is 9.13 Å². The van der Waals surface area contributed by atoms with Crippen LogP contribution in [0.4, 0.5) is 0 Å². The number of thiol groups is 1. The Bertz CT molecular complexity index is 2810. The maximum Gasteiger partial charge on any atom is 0.134 e. The highest BCUT2D eigenvalue weighted by molar-refractivity contribution is 7.84. The fourth-order valence-electron chi connectivity index (χ4n) is 8.23. The first-order valence-electron chi connectivity index (χ1n) is 17.5. The molecule has 4 aromatic carbocycles. The second-order valence-corrected chi connectivity index (χ2v) is 14.0. The lowest BCUT2D eigenvalue weighted by Gasteiger charge is -2.22. The zero-order chi connectivity index (χ0) is 34.9. The van der Waals surface area contributed by atoms with Gasteiger partial charge >= 0.3 is 0 Å². The van der Waals surface area contributed by atoms with Crippen molar-refractivity contribution in [2.24, 2.45) is 0 Å². The molecule has 0 radical (unpaired) electrons. The lowest BCUT2D eigenvalue weighted by Crippen LogP contribution is -2.09. The van der Waals surface area contributed by atoms with Gasteiger partial charge in [-0.2, -0.15) is 10.5 Å². The standard InChI is InChI=1S/C45H30N4O2S/c46-25-28-22-40(49-38-13-5-2-11-34(38)36-20-27-19-31(24-42(36)49)51-43-14-6-3-9-32(27)43)29(26-47)21-39(28)48-37-12-4-1-10-33(37)35-18-17-30(23-41(35)48)50-44-15-7-8-16-45(44)52/h1-6,8-14,16,20-24,52H,7,15,17-19H2. The van der Waals surface area contributed by atoms with E-state index in [0.717, 1.165) is 97.9 Å². The second kappa shape index (κ2) is 11.8. The minimum Gasteiger partial charge on any atom is -0.465 e. The Morgan fingerprint density at radius 3 is 2.19 bits per heavy atom. The minimum absolute atomic E-state index is 0.460. The van der Waals surface area contributed by atoms with Crippen molar-refractivity contribution in [2.45, 2.75) is 32.1 Å². The van der Waals surface area contributed by atoms with Crippen LogP contribution < -0.4 is 4.74 Å². The molecule has 0 N–H and O–H groups in total. The summed E-state index contributed by atoms with van der Waals surface area (Å²) < 4.78 is 17.1. The molecule has 6 aromatic rings. The molecule has 0 saturated carbocycles. The van der Waals surface area contributed by atoms with E-state index in [9.17, 15) is 10.5 Å². The number of allylic oxidation sites excluding steroid dienone is 5. The summed E-state index contributed by atoms with van der Waals surface area (Å²) in [6.07, 6.45) is 14.5. The number of hydrogen-bond acceptors (Lipinski definition) is 5. The van der Waals surface area contributed by atoms with E-state index >= 15 is 0 Å². The van der Waals surface area contributed by atoms with E-state index in [-0.39, 0.29) is 0 Å². The quantitative estimate of drug-likeness (QED) is 0.187. The van der Waals surface area contributed by atoms with E-state index in [0.29, 0.717) is 28.9 Å². The third-order valence-electron chi connectivity index (χ3n) is 10.5. The predicted molar refractivity (Wildman–Crippen MR) is 209 cm³/mol. The molecule has 0 atom stereocenters. The van der Waals surface area contributed by atoms with E-state index in [1.54, 1.807) is 0 Å². The maximum absolute atomic E-state index is 10.8. The summed E-state index contributed by atoms with van der Waals surface area (Å²) in [6, 6.07) is 33.4. The van der Waals surface area contributed by atoms with Crippen LogP contribution in [-0.2, 0) is 11.2 Å². The van der Waals surface area contributed by atoms with Crippen LogP contribution in [0, 0.1) is 22.7 Å². The molecular formula is C45H30N4O2S. The van der Waals surface area contributed by atoms with Crippen LogP contribution in [0.15, 0.2) is 119 Å². The lowest BCUT2D eigenvalue weighted by molar-refractivity contribution is 0.278. The highest BCUT2D eigenvalue weighted by Crippen LogP contribution is 2.45. The fraction of sp³-hybridized carbons (Fsp3) is 0.111. The van der Waals surface area contributed by atoms with Crippen LogP contribution in [0.3, 0.4) is 0 Å². The first kappa shape index (κ1) is 30.4. The van der Waals surface area contributed by atoms with Gasteiger partial charge in [-0.1, -0.05) is 60.7 Å². The van der Waals surface area contributed by atoms with E-state index in [1.165, 1.54) is 11.1 Å². The van der Waals surface area contributed by atoms with Crippen molar-refractivity contribution < 1.29 is 9.47 Å². The molecule has 2 bridgehead atoms. The third-order valence-corrected chi connectivity index (χ3v) is 10.9. The zero-order valence-electron chi connectivity index (χ0n) is 28.1. The van der Waals surface area contributed by atoms with Gasteiger partial charge in [-0.15, -0.1) is 12.6 Å². The van der Waals surface area contributed by atoms with E-state index in [1.807, 2.05) is 60.7 Å². The van der Waals surface area contributed by atoms with E-state index in [2.05, 4.69) is 88.5 Å². The number of hydrogen-bond donors (Lipinski definition) is 1. The molecular weight excluding hydrogens is 661 g/mol. The van der Waals surface area contributed by atoms with Crippen LogP contribution in [0.25, 0.3) is 57.0 Å². The van der Waals surface area contributed by atoms with Gasteiger partial charge in [-0.3, -0.25) is 0 Å². The van der Waals surface area contributed by atoms with Crippen molar-refractivity contribution in [1.29, 1.82) is 10.5 Å². The molecule has 6 nitrogen and oxygen atoms in total. The van der Waals surface area contributed by atoms with Crippen LogP contribution >= 0.6 is 12.6 Å². The average Bonchev–Trinajstić information content (AvgIpc) is 3.60. The monoisotopic (exact) mass is 690 g/mol. The summed E-state index contributed by atoms with van der Waals surface area (Å²) >= 11 is 4.65. The van der Waals surface area contributed by atoms with Crippen LogP contribution in [0.5, 0.6) is 5.75 Å². The molecule has 10 rings (SSSR count). The summed E-state index contributed by atoms with van der Waals surface area (Å²) in [7, 11) is 0. The normalized spacial score (nSPS) is 15.7. The Morgan fingerprint density at radius 1 is 0.731 bits per heavy atom. The van der Waals surface area contributed by atoms with Gasteiger partial charge in [0.15, 0.2) is 0 Å². The Labute approximate surface area is 306 Å². The minimum atomic E-state index is 0.460.